The van der Waals surface area contributed by atoms with Crippen molar-refractivity contribution >= 4 is 38.0 Å². The lowest BCUT2D eigenvalue weighted by atomic mass is 9.94. The lowest BCUT2D eigenvalue weighted by Crippen LogP contribution is -2.50. The van der Waals surface area contributed by atoms with Gasteiger partial charge in [-0.3, -0.25) is 10.2 Å². The van der Waals surface area contributed by atoms with Crippen molar-refractivity contribution in [3.05, 3.63) is 88.1 Å². The second-order valence-electron chi connectivity index (χ2n) is 16.2. The van der Waals surface area contributed by atoms with Gasteiger partial charge in [0.05, 0.1) is 26.9 Å². The molecule has 2 amide bonds. The topological polar surface area (TPSA) is 211 Å². The molecule has 0 radical (unpaired) electrons. The summed E-state index contributed by atoms with van der Waals surface area (Å²) in [4.78, 5) is 26.1. The highest BCUT2D eigenvalue weighted by atomic mass is 32.2. The third kappa shape index (κ3) is 10.2. The summed E-state index contributed by atoms with van der Waals surface area (Å²) >= 11 is 0. The van der Waals surface area contributed by atoms with Gasteiger partial charge >= 0.3 is 6.09 Å². The minimum atomic E-state index is -4.40. The second-order valence-corrected chi connectivity index (χ2v) is 19.5. The maximum Gasteiger partial charge on any atom is 0.408 e. The van der Waals surface area contributed by atoms with Gasteiger partial charge in [0.1, 0.15) is 23.0 Å². The first-order valence-corrected chi connectivity index (χ1v) is 21.8. The number of fused-ring (bicyclic) bond motifs is 1. The van der Waals surface area contributed by atoms with Crippen molar-refractivity contribution in [1.82, 2.24) is 29.9 Å². The molecule has 2 heterocycles. The van der Waals surface area contributed by atoms with Crippen LogP contribution in [-0.4, -0.2) is 68.4 Å². The van der Waals surface area contributed by atoms with Crippen LogP contribution in [0.1, 0.15) is 81.0 Å². The molecule has 1 atom stereocenters. The number of nitrogens with one attached hydrogen (secondary N) is 5. The van der Waals surface area contributed by atoms with Crippen molar-refractivity contribution in [3.8, 4) is 22.7 Å². The Balaban J connectivity index is 1.25. The zero-order chi connectivity index (χ0) is 43.0. The Hall–Kier alpha value is -5.42. The van der Waals surface area contributed by atoms with Crippen molar-refractivity contribution in [2.24, 2.45) is 0 Å². The van der Waals surface area contributed by atoms with E-state index >= 15 is 0 Å². The van der Waals surface area contributed by atoms with Gasteiger partial charge in [0, 0.05) is 24.1 Å². The summed E-state index contributed by atoms with van der Waals surface area (Å²) in [5.74, 6) is -0.832. The minimum Gasteiger partial charge on any atom is -0.487 e. The van der Waals surface area contributed by atoms with Gasteiger partial charge in [-0.15, -0.1) is 0 Å². The van der Waals surface area contributed by atoms with Crippen LogP contribution in [0.25, 0.3) is 16.9 Å². The highest BCUT2D eigenvalue weighted by Crippen LogP contribution is 2.43. The number of nitrogens with zero attached hydrogens (tertiary/aromatic N) is 2. The number of sulfonamides is 2. The number of alkyl carbamates (subject to hydrolysis) is 1. The van der Waals surface area contributed by atoms with Gasteiger partial charge in [0.15, 0.2) is 0 Å². The van der Waals surface area contributed by atoms with Crippen LogP contribution in [0.4, 0.5) is 4.79 Å². The fraction of sp³-hybridized carbons (Fsp3) is 0.415. The molecule has 312 valence electrons. The molecule has 5 rings (SSSR count). The molecule has 0 saturated heterocycles. The van der Waals surface area contributed by atoms with Gasteiger partial charge in [0.25, 0.3) is 26.0 Å². The molecule has 0 aliphatic carbocycles. The molecule has 17 heteroatoms. The Bertz CT molecular complexity index is 2450. The normalized spacial score (nSPS) is 14.2. The molecule has 0 fully saturated rings. The Kier molecular flexibility index (Phi) is 12.4. The fourth-order valence-electron chi connectivity index (χ4n) is 6.76. The van der Waals surface area contributed by atoms with Crippen LogP contribution in [0, 0.1) is 40.0 Å². The fourth-order valence-corrected chi connectivity index (χ4v) is 9.31. The van der Waals surface area contributed by atoms with Gasteiger partial charge in [-0.25, -0.2) is 35.8 Å². The molecule has 4 aromatic rings. The SMILES string of the molecule is Cc1ccc(-c2cc(C)nn2-c2ccc(S(=O)(=O)NC(=O)[C@H](CCCNC(=N)NS(=O)(=O)c3c(C)c(C)c4c(c3C)CC(C)(C)O4)NC(=O)OC(C)(C)C)cc2)cc1. The molecule has 58 heavy (non-hydrogen) atoms. The third-order valence-corrected chi connectivity index (χ3v) is 12.6. The maximum atomic E-state index is 13.6. The Morgan fingerprint density at radius 3 is 2.17 bits per heavy atom. The molecule has 3 aromatic carbocycles. The van der Waals surface area contributed by atoms with Gasteiger partial charge < -0.3 is 20.1 Å². The standard InChI is InChI=1S/C41H53N7O8S2/c1-24-13-15-29(16-14-24)34-22-25(2)45-48(34)30-17-19-31(20-18-30)57(51,52)46-37(49)33(44-39(50)56-40(6,7)8)12-11-21-43-38(42)47-58(53,54)36-27(4)26(3)35-32(28(36)5)23-41(9,10)55-35/h13-20,22,33H,11-12,21,23H2,1-10H3,(H,44,50)(H,46,49)(H3,42,43,47)/t33-/m0/s1. The molecule has 1 aromatic heterocycles. The van der Waals surface area contributed by atoms with E-state index in [2.05, 4.69) is 25.2 Å². The van der Waals surface area contributed by atoms with Crippen LogP contribution >= 0.6 is 0 Å². The van der Waals surface area contributed by atoms with Crippen molar-refractivity contribution in [2.45, 2.75) is 116 Å². The number of hydrogen-bond acceptors (Lipinski definition) is 10. The highest BCUT2D eigenvalue weighted by Gasteiger charge is 2.37. The van der Waals surface area contributed by atoms with E-state index in [0.717, 1.165) is 28.1 Å². The molecule has 1 aliphatic rings. The quantitative estimate of drug-likeness (QED) is 0.0660. The number of hydrogen-bond donors (Lipinski definition) is 5. The summed E-state index contributed by atoms with van der Waals surface area (Å²) in [5.41, 5.74) is 5.43. The summed E-state index contributed by atoms with van der Waals surface area (Å²) in [7, 11) is -8.59. The summed E-state index contributed by atoms with van der Waals surface area (Å²) in [6.07, 6.45) is -0.382. The number of carbonyl (C=O) groups is 2. The van der Waals surface area contributed by atoms with Crippen LogP contribution < -0.4 is 24.8 Å². The van der Waals surface area contributed by atoms with Crippen LogP contribution in [0.3, 0.4) is 0 Å². The number of amides is 2. The molecule has 1 aliphatic heterocycles. The number of ether oxygens (including phenoxy) is 2. The predicted octanol–water partition coefficient (Wildman–Crippen LogP) is 5.78. The molecule has 0 saturated carbocycles. The van der Waals surface area contributed by atoms with E-state index in [1.54, 1.807) is 51.4 Å². The van der Waals surface area contributed by atoms with Crippen molar-refractivity contribution in [1.29, 1.82) is 5.41 Å². The van der Waals surface area contributed by atoms with Crippen LogP contribution in [0.15, 0.2) is 64.4 Å². The Morgan fingerprint density at radius 2 is 1.55 bits per heavy atom. The molecular formula is C41H53N7O8S2. The van der Waals surface area contributed by atoms with Gasteiger partial charge in [0.2, 0.25) is 5.96 Å². The van der Waals surface area contributed by atoms with E-state index in [-0.39, 0.29) is 29.2 Å². The predicted molar refractivity (Wildman–Crippen MR) is 221 cm³/mol. The van der Waals surface area contributed by atoms with Gasteiger partial charge in [-0.1, -0.05) is 29.8 Å². The molecule has 0 unspecified atom stereocenters. The van der Waals surface area contributed by atoms with Crippen molar-refractivity contribution in [3.63, 3.8) is 0 Å². The Morgan fingerprint density at radius 1 is 0.914 bits per heavy atom. The van der Waals surface area contributed by atoms with Crippen LogP contribution in [0.5, 0.6) is 5.75 Å². The average molecular weight is 836 g/mol. The number of aromatic nitrogens is 2. The number of carbonyl (C=O) groups excluding carboxylic acids is 2. The first kappa shape index (κ1) is 43.7. The zero-order valence-corrected chi connectivity index (χ0v) is 36.2. The van der Waals surface area contributed by atoms with Gasteiger partial charge in [-0.2, -0.15) is 5.10 Å². The molecule has 15 nitrogen and oxygen atoms in total. The van der Waals surface area contributed by atoms with Crippen molar-refractivity contribution in [2.75, 3.05) is 6.54 Å². The number of guanidine groups is 1. The monoisotopic (exact) mass is 835 g/mol. The lowest BCUT2D eigenvalue weighted by Gasteiger charge is -2.23. The van der Waals surface area contributed by atoms with E-state index in [9.17, 15) is 26.4 Å². The number of rotatable bonds is 12. The summed E-state index contributed by atoms with van der Waals surface area (Å²) < 4.78 is 71.6. The average Bonchev–Trinajstić information content (AvgIpc) is 3.66. The highest BCUT2D eigenvalue weighted by molar-refractivity contribution is 7.90. The van der Waals surface area contributed by atoms with Crippen LogP contribution in [0.2, 0.25) is 0 Å². The number of benzene rings is 3. The van der Waals surface area contributed by atoms with E-state index in [4.69, 9.17) is 14.9 Å². The van der Waals surface area contributed by atoms with Gasteiger partial charge in [-0.05, 0) is 129 Å². The zero-order valence-electron chi connectivity index (χ0n) is 34.6. The smallest absolute Gasteiger partial charge is 0.408 e. The van der Waals surface area contributed by atoms with Crippen molar-refractivity contribution < 1.29 is 35.9 Å². The first-order chi connectivity index (χ1) is 26.9. The molecule has 0 spiro atoms. The molecular weight excluding hydrogens is 783 g/mol. The maximum absolute atomic E-state index is 13.6. The van der Waals surface area contributed by atoms with E-state index in [1.807, 2.05) is 65.0 Å². The molecule has 5 N–H and O–H groups in total. The second kappa shape index (κ2) is 16.4. The van der Waals surface area contributed by atoms with Crippen LogP contribution in [-0.2, 0) is 36.0 Å². The summed E-state index contributed by atoms with van der Waals surface area (Å²) in [6, 6.07) is 14.4. The first-order valence-electron chi connectivity index (χ1n) is 18.8. The van der Waals surface area contributed by atoms with E-state index < -0.39 is 55.3 Å². The largest absolute Gasteiger partial charge is 0.487 e. The third-order valence-electron chi connectivity index (χ3n) is 9.58. The summed E-state index contributed by atoms with van der Waals surface area (Å²) in [5, 5.41) is 18.1. The molecule has 0 bridgehead atoms. The summed E-state index contributed by atoms with van der Waals surface area (Å²) in [6.45, 7) is 17.9. The Labute approximate surface area is 340 Å². The minimum absolute atomic E-state index is 0.00394. The number of aryl methyl sites for hydroxylation is 2. The van der Waals surface area contributed by atoms with E-state index in [1.165, 1.54) is 12.1 Å². The van der Waals surface area contributed by atoms with E-state index in [0.29, 0.717) is 34.5 Å². The lowest BCUT2D eigenvalue weighted by molar-refractivity contribution is -0.121.